The summed E-state index contributed by atoms with van der Waals surface area (Å²) in [5, 5.41) is 13.4. The topological polar surface area (TPSA) is 69.9 Å². The largest absolute Gasteiger partial charge is 0.460 e. The number of carbonyl (C=O) groups is 1. The minimum atomic E-state index is -0.279. The van der Waals surface area contributed by atoms with Gasteiger partial charge >= 0.3 is 5.97 Å². The lowest BCUT2D eigenvalue weighted by Crippen LogP contribution is -2.07. The SMILES string of the molecule is O=C(CSc1ccc(-c2ccc(-n3cccn3)cc2)nn1)OCc1ccccc1. The molecule has 0 atom stereocenters. The Morgan fingerprint density at radius 3 is 2.45 bits per heavy atom. The first kappa shape index (κ1) is 18.9. The van der Waals surface area contributed by atoms with Crippen LogP contribution in [0.5, 0.6) is 0 Å². The van der Waals surface area contributed by atoms with Crippen LogP contribution in [-0.4, -0.2) is 31.7 Å². The molecule has 0 fully saturated rings. The number of hydrogen-bond acceptors (Lipinski definition) is 6. The second kappa shape index (κ2) is 9.16. The monoisotopic (exact) mass is 402 g/mol. The van der Waals surface area contributed by atoms with Crippen LogP contribution < -0.4 is 0 Å². The minimum Gasteiger partial charge on any atom is -0.460 e. The quantitative estimate of drug-likeness (QED) is 0.341. The molecular weight excluding hydrogens is 384 g/mol. The van der Waals surface area contributed by atoms with Crippen LogP contribution in [0.25, 0.3) is 16.9 Å². The zero-order valence-electron chi connectivity index (χ0n) is 15.5. The fraction of sp³-hybridized carbons (Fsp3) is 0.0909. The van der Waals surface area contributed by atoms with Crippen molar-refractivity contribution in [1.29, 1.82) is 0 Å². The molecule has 0 saturated carbocycles. The minimum absolute atomic E-state index is 0.194. The number of thioether (sulfide) groups is 1. The predicted octanol–water partition coefficient (Wildman–Crippen LogP) is 4.16. The summed E-state index contributed by atoms with van der Waals surface area (Å²) in [4.78, 5) is 11.9. The number of ether oxygens (including phenoxy) is 1. The molecule has 4 rings (SSSR count). The molecule has 0 radical (unpaired) electrons. The highest BCUT2D eigenvalue weighted by Gasteiger charge is 2.07. The van der Waals surface area contributed by atoms with E-state index in [-0.39, 0.29) is 18.3 Å². The van der Waals surface area contributed by atoms with Crippen LogP contribution in [0.3, 0.4) is 0 Å². The van der Waals surface area contributed by atoms with Gasteiger partial charge in [0.1, 0.15) is 11.6 Å². The van der Waals surface area contributed by atoms with E-state index in [1.54, 1.807) is 10.9 Å². The van der Waals surface area contributed by atoms with Crippen molar-refractivity contribution in [2.45, 2.75) is 11.6 Å². The number of esters is 1. The maximum atomic E-state index is 11.9. The molecule has 6 nitrogen and oxygen atoms in total. The fourth-order valence-corrected chi connectivity index (χ4v) is 3.28. The average Bonchev–Trinajstić information content (AvgIpc) is 3.32. The average molecular weight is 402 g/mol. The van der Waals surface area contributed by atoms with E-state index >= 15 is 0 Å². The smallest absolute Gasteiger partial charge is 0.316 e. The number of aromatic nitrogens is 4. The second-order valence-electron chi connectivity index (χ2n) is 6.19. The van der Waals surface area contributed by atoms with Crippen molar-refractivity contribution in [1.82, 2.24) is 20.0 Å². The fourth-order valence-electron chi connectivity index (χ4n) is 2.67. The van der Waals surface area contributed by atoms with E-state index in [9.17, 15) is 4.79 Å². The van der Waals surface area contributed by atoms with Gasteiger partial charge in [-0.1, -0.05) is 54.2 Å². The molecule has 2 aromatic carbocycles. The first-order chi connectivity index (χ1) is 14.3. The molecule has 0 spiro atoms. The van der Waals surface area contributed by atoms with Gasteiger partial charge in [-0.25, -0.2) is 4.68 Å². The first-order valence-electron chi connectivity index (χ1n) is 9.04. The third-order valence-corrected chi connectivity index (χ3v) is 5.05. The number of carbonyl (C=O) groups excluding carboxylic acids is 1. The molecule has 0 bridgehead atoms. The Morgan fingerprint density at radius 2 is 1.76 bits per heavy atom. The second-order valence-corrected chi connectivity index (χ2v) is 7.18. The molecule has 2 heterocycles. The Morgan fingerprint density at radius 1 is 0.931 bits per heavy atom. The summed E-state index contributed by atoms with van der Waals surface area (Å²) < 4.78 is 7.07. The number of nitrogens with zero attached hydrogens (tertiary/aromatic N) is 4. The van der Waals surface area contributed by atoms with Crippen molar-refractivity contribution in [3.05, 3.63) is 90.8 Å². The van der Waals surface area contributed by atoms with Crippen LogP contribution >= 0.6 is 11.8 Å². The number of hydrogen-bond donors (Lipinski definition) is 0. The lowest BCUT2D eigenvalue weighted by atomic mass is 10.1. The van der Waals surface area contributed by atoms with Crippen LogP contribution in [0.15, 0.2) is 90.2 Å². The summed E-state index contributed by atoms with van der Waals surface area (Å²) in [5.74, 6) is -0.0849. The van der Waals surface area contributed by atoms with Gasteiger partial charge in [0.2, 0.25) is 0 Å². The molecule has 0 unspecified atom stereocenters. The van der Waals surface area contributed by atoms with Gasteiger partial charge in [0.15, 0.2) is 0 Å². The van der Waals surface area contributed by atoms with Gasteiger partial charge in [0, 0.05) is 18.0 Å². The summed E-state index contributed by atoms with van der Waals surface area (Å²) >= 11 is 1.31. The zero-order chi connectivity index (χ0) is 19.9. The van der Waals surface area contributed by atoms with Gasteiger partial charge in [-0.3, -0.25) is 4.79 Å². The molecule has 0 aliphatic rings. The molecule has 4 aromatic rings. The first-order valence-corrected chi connectivity index (χ1v) is 10.0. The van der Waals surface area contributed by atoms with Crippen LogP contribution in [-0.2, 0) is 16.1 Å². The van der Waals surface area contributed by atoms with Gasteiger partial charge in [0.25, 0.3) is 0 Å². The van der Waals surface area contributed by atoms with Gasteiger partial charge in [0.05, 0.1) is 17.1 Å². The van der Waals surface area contributed by atoms with Crippen LogP contribution in [0.1, 0.15) is 5.56 Å². The third-order valence-electron chi connectivity index (χ3n) is 4.15. The maximum Gasteiger partial charge on any atom is 0.316 e. The molecule has 0 N–H and O–H groups in total. The Bertz CT molecular complexity index is 1050. The summed E-state index contributed by atoms with van der Waals surface area (Å²) in [7, 11) is 0. The van der Waals surface area contributed by atoms with Crippen molar-refractivity contribution >= 4 is 17.7 Å². The molecular formula is C22H18N4O2S. The van der Waals surface area contributed by atoms with Gasteiger partial charge in [-0.2, -0.15) is 5.10 Å². The van der Waals surface area contributed by atoms with Gasteiger partial charge in [-0.05, 0) is 35.9 Å². The maximum absolute atomic E-state index is 11.9. The number of rotatable bonds is 7. The molecule has 29 heavy (non-hydrogen) atoms. The van der Waals surface area contributed by atoms with Crippen LogP contribution in [0.2, 0.25) is 0 Å². The Labute approximate surface area is 172 Å². The lowest BCUT2D eigenvalue weighted by molar-refractivity contribution is -0.141. The molecule has 144 valence electrons. The van der Waals surface area contributed by atoms with Crippen molar-refractivity contribution in [2.24, 2.45) is 0 Å². The van der Waals surface area contributed by atoms with Crippen LogP contribution in [0, 0.1) is 0 Å². The zero-order valence-corrected chi connectivity index (χ0v) is 16.3. The van der Waals surface area contributed by atoms with E-state index in [2.05, 4.69) is 15.3 Å². The lowest BCUT2D eigenvalue weighted by Gasteiger charge is -2.06. The molecule has 2 aromatic heterocycles. The highest BCUT2D eigenvalue weighted by Crippen LogP contribution is 2.21. The van der Waals surface area contributed by atoms with E-state index in [1.807, 2.05) is 79.0 Å². The number of benzene rings is 2. The molecule has 0 aliphatic carbocycles. The standard InChI is InChI=1S/C22H18N4O2S/c27-22(28-15-17-5-2-1-3-6-17)16-29-21-12-11-20(24-25-21)18-7-9-19(10-8-18)26-14-4-13-23-26/h1-14H,15-16H2. The van der Waals surface area contributed by atoms with Crippen molar-refractivity contribution in [3.63, 3.8) is 0 Å². The Kier molecular flexibility index (Phi) is 5.97. The van der Waals surface area contributed by atoms with Crippen molar-refractivity contribution < 1.29 is 9.53 Å². The van der Waals surface area contributed by atoms with E-state index in [0.717, 1.165) is 22.5 Å². The highest BCUT2D eigenvalue weighted by atomic mass is 32.2. The molecule has 0 amide bonds. The van der Waals surface area contributed by atoms with Gasteiger partial charge < -0.3 is 4.74 Å². The molecule has 7 heteroatoms. The Balaban J connectivity index is 1.30. The summed E-state index contributed by atoms with van der Waals surface area (Å²) in [6.45, 7) is 0.277. The summed E-state index contributed by atoms with van der Waals surface area (Å²) in [5.41, 5.74) is 3.68. The molecule has 0 saturated heterocycles. The van der Waals surface area contributed by atoms with Crippen LogP contribution in [0.4, 0.5) is 0 Å². The van der Waals surface area contributed by atoms with E-state index in [1.165, 1.54) is 11.8 Å². The summed E-state index contributed by atoms with van der Waals surface area (Å²) in [6, 6.07) is 23.2. The Hall–Kier alpha value is -3.45. The van der Waals surface area contributed by atoms with Gasteiger partial charge in [-0.15, -0.1) is 10.2 Å². The van der Waals surface area contributed by atoms with E-state index in [4.69, 9.17) is 4.74 Å². The predicted molar refractivity (Wildman–Crippen MR) is 112 cm³/mol. The summed E-state index contributed by atoms with van der Waals surface area (Å²) in [6.07, 6.45) is 3.64. The van der Waals surface area contributed by atoms with E-state index in [0.29, 0.717) is 5.03 Å². The highest BCUT2D eigenvalue weighted by molar-refractivity contribution is 7.99. The van der Waals surface area contributed by atoms with Crippen molar-refractivity contribution in [2.75, 3.05) is 5.75 Å². The third kappa shape index (κ3) is 5.08. The van der Waals surface area contributed by atoms with Crippen molar-refractivity contribution in [3.8, 4) is 16.9 Å². The van der Waals surface area contributed by atoms with E-state index < -0.39 is 0 Å². The molecule has 0 aliphatic heterocycles. The normalized spacial score (nSPS) is 10.6.